The molecule has 0 aromatic heterocycles. The first-order valence-electron chi connectivity index (χ1n) is 7.87. The standard InChI is InChI=1S/C18H26O3/c1-2-3-4-5-6-7-8-9-18(20)21-15-14-16-10-12-17(19)13-11-16/h10-15,19H,2-9H2,1H3/b15-14-. The first kappa shape index (κ1) is 17.3. The number of carbonyl (C=O) groups excluding carboxylic acids is 1. The van der Waals surface area contributed by atoms with Crippen molar-refractivity contribution >= 4 is 12.0 Å². The Hall–Kier alpha value is -1.77. The average molecular weight is 290 g/mol. The third-order valence-electron chi connectivity index (χ3n) is 3.34. The number of esters is 1. The number of phenolic OH excluding ortho intramolecular Hbond substituents is 1. The van der Waals surface area contributed by atoms with E-state index in [0.717, 1.165) is 18.4 Å². The van der Waals surface area contributed by atoms with Gasteiger partial charge in [-0.1, -0.05) is 57.6 Å². The number of unbranched alkanes of at least 4 members (excludes halogenated alkanes) is 6. The van der Waals surface area contributed by atoms with Gasteiger partial charge in [-0.05, 0) is 30.2 Å². The second kappa shape index (κ2) is 11.0. The Balaban J connectivity index is 2.07. The Morgan fingerprint density at radius 3 is 2.33 bits per heavy atom. The van der Waals surface area contributed by atoms with Crippen molar-refractivity contribution in [2.75, 3.05) is 0 Å². The molecule has 3 nitrogen and oxygen atoms in total. The van der Waals surface area contributed by atoms with Gasteiger partial charge in [-0.25, -0.2) is 0 Å². The van der Waals surface area contributed by atoms with E-state index >= 15 is 0 Å². The van der Waals surface area contributed by atoms with Gasteiger partial charge in [-0.15, -0.1) is 0 Å². The fraction of sp³-hybridized carbons (Fsp3) is 0.500. The molecule has 1 rings (SSSR count). The molecule has 3 heteroatoms. The number of ether oxygens (including phenoxy) is 1. The van der Waals surface area contributed by atoms with Crippen LogP contribution in [0, 0.1) is 0 Å². The minimum atomic E-state index is -0.182. The van der Waals surface area contributed by atoms with Crippen molar-refractivity contribution in [3.63, 3.8) is 0 Å². The topological polar surface area (TPSA) is 46.5 Å². The smallest absolute Gasteiger partial charge is 0.310 e. The summed E-state index contributed by atoms with van der Waals surface area (Å²) in [6.07, 6.45) is 11.9. The number of aromatic hydroxyl groups is 1. The third kappa shape index (κ3) is 8.90. The van der Waals surface area contributed by atoms with E-state index in [1.165, 1.54) is 38.4 Å². The minimum absolute atomic E-state index is 0.182. The molecule has 0 aliphatic carbocycles. The summed E-state index contributed by atoms with van der Waals surface area (Å²) in [6.45, 7) is 2.21. The molecule has 1 N–H and O–H groups in total. The van der Waals surface area contributed by atoms with Crippen LogP contribution in [0.25, 0.3) is 6.08 Å². The van der Waals surface area contributed by atoms with Crippen molar-refractivity contribution in [1.29, 1.82) is 0 Å². The Morgan fingerprint density at radius 2 is 1.67 bits per heavy atom. The molecule has 0 amide bonds. The number of hydrogen-bond acceptors (Lipinski definition) is 3. The van der Waals surface area contributed by atoms with E-state index in [0.29, 0.717) is 6.42 Å². The highest BCUT2D eigenvalue weighted by molar-refractivity contribution is 5.70. The lowest BCUT2D eigenvalue weighted by Crippen LogP contribution is -1.98. The number of benzene rings is 1. The summed E-state index contributed by atoms with van der Waals surface area (Å²) in [6, 6.07) is 6.71. The lowest BCUT2D eigenvalue weighted by molar-refractivity contribution is -0.138. The molecule has 1 aromatic rings. The van der Waals surface area contributed by atoms with Crippen LogP contribution < -0.4 is 0 Å². The van der Waals surface area contributed by atoms with Crippen LogP contribution in [-0.2, 0) is 9.53 Å². The van der Waals surface area contributed by atoms with Crippen LogP contribution in [0.4, 0.5) is 0 Å². The van der Waals surface area contributed by atoms with E-state index in [4.69, 9.17) is 9.84 Å². The largest absolute Gasteiger partial charge is 0.508 e. The molecule has 0 saturated carbocycles. The molecule has 21 heavy (non-hydrogen) atoms. The lowest BCUT2D eigenvalue weighted by Gasteiger charge is -2.01. The lowest BCUT2D eigenvalue weighted by atomic mass is 10.1. The molecule has 0 atom stereocenters. The zero-order chi connectivity index (χ0) is 15.3. The summed E-state index contributed by atoms with van der Waals surface area (Å²) in [4.78, 5) is 11.5. The van der Waals surface area contributed by atoms with Crippen molar-refractivity contribution in [3.8, 4) is 5.75 Å². The second-order valence-electron chi connectivity index (χ2n) is 5.26. The molecule has 0 radical (unpaired) electrons. The monoisotopic (exact) mass is 290 g/mol. The SMILES string of the molecule is CCCCCCCCCC(=O)O/C=C\c1ccc(O)cc1. The molecule has 0 bridgehead atoms. The first-order valence-corrected chi connectivity index (χ1v) is 7.87. The van der Waals surface area contributed by atoms with Crippen molar-refractivity contribution in [2.24, 2.45) is 0 Å². The highest BCUT2D eigenvalue weighted by Crippen LogP contribution is 2.11. The summed E-state index contributed by atoms with van der Waals surface area (Å²) in [7, 11) is 0. The van der Waals surface area contributed by atoms with Crippen molar-refractivity contribution in [3.05, 3.63) is 36.1 Å². The van der Waals surface area contributed by atoms with Crippen LogP contribution in [0.3, 0.4) is 0 Å². The van der Waals surface area contributed by atoms with Gasteiger partial charge in [-0.3, -0.25) is 4.79 Å². The van der Waals surface area contributed by atoms with Crippen LogP contribution in [-0.4, -0.2) is 11.1 Å². The molecule has 116 valence electrons. The molecule has 0 aliphatic heterocycles. The Labute approximate surface area is 127 Å². The Bertz CT molecular complexity index is 421. The molecule has 0 heterocycles. The van der Waals surface area contributed by atoms with Gasteiger partial charge < -0.3 is 9.84 Å². The third-order valence-corrected chi connectivity index (χ3v) is 3.34. The summed E-state index contributed by atoms with van der Waals surface area (Å²) >= 11 is 0. The summed E-state index contributed by atoms with van der Waals surface area (Å²) in [5.41, 5.74) is 0.886. The zero-order valence-corrected chi connectivity index (χ0v) is 12.9. The van der Waals surface area contributed by atoms with Crippen molar-refractivity contribution in [1.82, 2.24) is 0 Å². The number of hydrogen-bond donors (Lipinski definition) is 1. The van der Waals surface area contributed by atoms with Gasteiger partial charge in [0.25, 0.3) is 0 Å². The van der Waals surface area contributed by atoms with Crippen LogP contribution in [0.15, 0.2) is 30.5 Å². The van der Waals surface area contributed by atoms with Gasteiger partial charge in [0.1, 0.15) is 5.75 Å². The zero-order valence-electron chi connectivity index (χ0n) is 12.9. The quantitative estimate of drug-likeness (QED) is 0.373. The van der Waals surface area contributed by atoms with E-state index in [-0.39, 0.29) is 11.7 Å². The van der Waals surface area contributed by atoms with Gasteiger partial charge in [0.15, 0.2) is 0 Å². The number of phenols is 1. The maximum absolute atomic E-state index is 11.5. The fourth-order valence-electron chi connectivity index (χ4n) is 2.06. The summed E-state index contributed by atoms with van der Waals surface area (Å²) < 4.78 is 5.04. The van der Waals surface area contributed by atoms with Gasteiger partial charge in [0, 0.05) is 6.42 Å². The van der Waals surface area contributed by atoms with E-state index in [1.54, 1.807) is 30.3 Å². The summed E-state index contributed by atoms with van der Waals surface area (Å²) in [5, 5.41) is 9.15. The Kier molecular flexibility index (Phi) is 9.01. The minimum Gasteiger partial charge on any atom is -0.508 e. The van der Waals surface area contributed by atoms with Crippen LogP contribution in [0.5, 0.6) is 5.75 Å². The highest BCUT2D eigenvalue weighted by atomic mass is 16.5. The predicted octanol–water partition coefficient (Wildman–Crippen LogP) is 5.05. The van der Waals surface area contributed by atoms with Gasteiger partial charge in [0.05, 0.1) is 6.26 Å². The normalized spacial score (nSPS) is 10.9. The predicted molar refractivity (Wildman–Crippen MR) is 85.8 cm³/mol. The van der Waals surface area contributed by atoms with E-state index in [9.17, 15) is 4.79 Å². The van der Waals surface area contributed by atoms with Crippen LogP contribution >= 0.6 is 0 Å². The molecule has 1 aromatic carbocycles. The average Bonchev–Trinajstić information content (AvgIpc) is 2.48. The molecule has 0 unspecified atom stereocenters. The first-order chi connectivity index (χ1) is 10.2. The highest BCUT2D eigenvalue weighted by Gasteiger charge is 2.00. The van der Waals surface area contributed by atoms with Gasteiger partial charge in [-0.2, -0.15) is 0 Å². The summed E-state index contributed by atoms with van der Waals surface area (Å²) in [5.74, 6) is 0.0432. The Morgan fingerprint density at radius 1 is 1.05 bits per heavy atom. The van der Waals surface area contributed by atoms with Gasteiger partial charge in [0.2, 0.25) is 0 Å². The molecular weight excluding hydrogens is 264 g/mol. The van der Waals surface area contributed by atoms with E-state index < -0.39 is 0 Å². The molecule has 0 aliphatic rings. The van der Waals surface area contributed by atoms with Crippen LogP contribution in [0.1, 0.15) is 63.9 Å². The van der Waals surface area contributed by atoms with Gasteiger partial charge >= 0.3 is 5.97 Å². The van der Waals surface area contributed by atoms with E-state index in [2.05, 4.69) is 6.92 Å². The maximum atomic E-state index is 11.5. The van der Waals surface area contributed by atoms with Crippen LogP contribution in [0.2, 0.25) is 0 Å². The van der Waals surface area contributed by atoms with Crippen molar-refractivity contribution < 1.29 is 14.6 Å². The van der Waals surface area contributed by atoms with Crippen molar-refractivity contribution in [2.45, 2.75) is 58.3 Å². The molecule has 0 fully saturated rings. The second-order valence-corrected chi connectivity index (χ2v) is 5.26. The number of rotatable bonds is 10. The van der Waals surface area contributed by atoms with E-state index in [1.807, 2.05) is 0 Å². The molecule has 0 saturated heterocycles. The fourth-order valence-corrected chi connectivity index (χ4v) is 2.06. The molecule has 0 spiro atoms. The number of carbonyl (C=O) groups is 1. The maximum Gasteiger partial charge on any atom is 0.310 e. The molecular formula is C18H26O3.